The Hall–Kier alpha value is -1.07. The van der Waals surface area contributed by atoms with Gasteiger partial charge in [-0.1, -0.05) is 25.4 Å². The van der Waals surface area contributed by atoms with Gasteiger partial charge in [-0.2, -0.15) is 0 Å². The third-order valence-corrected chi connectivity index (χ3v) is 3.48. The normalized spacial score (nSPS) is 12.3. The lowest BCUT2D eigenvalue weighted by Crippen LogP contribution is -2.40. The highest BCUT2D eigenvalue weighted by atomic mass is 35.5. The lowest BCUT2D eigenvalue weighted by Gasteiger charge is -2.14. The molecule has 0 aliphatic carbocycles. The number of carbonyl (C=O) groups is 2. The summed E-state index contributed by atoms with van der Waals surface area (Å²) in [5.41, 5.74) is 0. The first-order chi connectivity index (χ1) is 8.88. The Labute approximate surface area is 122 Å². The smallest absolute Gasteiger partial charge is 0.328 e. The summed E-state index contributed by atoms with van der Waals surface area (Å²) >= 11 is 7.14. The topological polar surface area (TPSA) is 55.4 Å². The summed E-state index contributed by atoms with van der Waals surface area (Å²) in [5, 5.41) is 2.61. The molecule has 1 heterocycles. The first kappa shape index (κ1) is 16.0. The average molecular weight is 304 g/mol. The van der Waals surface area contributed by atoms with Crippen LogP contribution in [0.5, 0.6) is 0 Å². The summed E-state index contributed by atoms with van der Waals surface area (Å²) in [4.78, 5) is 24.2. The quantitative estimate of drug-likeness (QED) is 0.822. The van der Waals surface area contributed by atoms with Crippen LogP contribution in [0.1, 0.15) is 25.6 Å². The van der Waals surface area contributed by atoms with Crippen LogP contribution in [0.4, 0.5) is 0 Å². The van der Waals surface area contributed by atoms with Crippen molar-refractivity contribution in [3.8, 4) is 0 Å². The molecule has 106 valence electrons. The maximum Gasteiger partial charge on any atom is 0.328 e. The number of carbonyl (C=O) groups excluding carboxylic acids is 2. The van der Waals surface area contributed by atoms with Crippen LogP contribution < -0.4 is 5.32 Å². The largest absolute Gasteiger partial charge is 0.464 e. The van der Waals surface area contributed by atoms with E-state index in [9.17, 15) is 9.59 Å². The molecule has 1 amide bonds. The Morgan fingerprint density at radius 1 is 1.37 bits per heavy atom. The molecule has 0 unspecified atom stereocenters. The van der Waals surface area contributed by atoms with Crippen molar-refractivity contribution >= 4 is 34.8 Å². The SMILES string of the molecule is CC(C)COC(=O)[C@H](C)NC(=O)Cc1ccc(Cl)s1. The number of nitrogens with one attached hydrogen (secondary N) is 1. The van der Waals surface area contributed by atoms with Crippen LogP contribution in [0.3, 0.4) is 0 Å². The van der Waals surface area contributed by atoms with Gasteiger partial charge in [0, 0.05) is 4.88 Å². The Morgan fingerprint density at radius 2 is 2.05 bits per heavy atom. The number of hydrogen-bond acceptors (Lipinski definition) is 4. The molecular weight excluding hydrogens is 286 g/mol. The Morgan fingerprint density at radius 3 is 2.58 bits per heavy atom. The second-order valence-corrected chi connectivity index (χ2v) is 6.50. The zero-order chi connectivity index (χ0) is 14.4. The Bertz CT molecular complexity index is 445. The van der Waals surface area contributed by atoms with Gasteiger partial charge in [0.05, 0.1) is 17.4 Å². The molecule has 1 rings (SSSR count). The molecule has 1 aromatic rings. The van der Waals surface area contributed by atoms with E-state index in [-0.39, 0.29) is 18.2 Å². The average Bonchev–Trinajstić information content (AvgIpc) is 2.71. The van der Waals surface area contributed by atoms with E-state index < -0.39 is 12.0 Å². The van der Waals surface area contributed by atoms with Gasteiger partial charge in [-0.25, -0.2) is 4.79 Å². The molecule has 0 bridgehead atoms. The van der Waals surface area contributed by atoms with Crippen molar-refractivity contribution in [2.75, 3.05) is 6.61 Å². The van der Waals surface area contributed by atoms with E-state index in [0.29, 0.717) is 10.9 Å². The van der Waals surface area contributed by atoms with Crippen molar-refractivity contribution in [1.82, 2.24) is 5.32 Å². The molecule has 4 nitrogen and oxygen atoms in total. The molecular formula is C13H18ClNO3S. The number of ether oxygens (including phenoxy) is 1. The lowest BCUT2D eigenvalue weighted by molar-refractivity contribution is -0.148. The van der Waals surface area contributed by atoms with Crippen molar-refractivity contribution in [1.29, 1.82) is 0 Å². The Balaban J connectivity index is 2.37. The second-order valence-electron chi connectivity index (χ2n) is 4.70. The first-order valence-electron chi connectivity index (χ1n) is 6.08. The van der Waals surface area contributed by atoms with Gasteiger partial charge in [0.1, 0.15) is 6.04 Å². The van der Waals surface area contributed by atoms with Crippen LogP contribution in [-0.2, 0) is 20.7 Å². The van der Waals surface area contributed by atoms with Crippen LogP contribution in [-0.4, -0.2) is 24.5 Å². The summed E-state index contributed by atoms with van der Waals surface area (Å²) in [6, 6.07) is 2.91. The summed E-state index contributed by atoms with van der Waals surface area (Å²) < 4.78 is 5.69. The minimum absolute atomic E-state index is 0.215. The number of hydrogen-bond donors (Lipinski definition) is 1. The van der Waals surface area contributed by atoms with Gasteiger partial charge in [0.25, 0.3) is 0 Å². The molecule has 0 fully saturated rings. The minimum Gasteiger partial charge on any atom is -0.464 e. The number of halogens is 1. The van der Waals surface area contributed by atoms with E-state index in [1.54, 1.807) is 19.1 Å². The Kier molecular flexibility index (Phi) is 6.31. The lowest BCUT2D eigenvalue weighted by atomic mass is 10.2. The van der Waals surface area contributed by atoms with Gasteiger partial charge in [-0.05, 0) is 25.0 Å². The minimum atomic E-state index is -0.637. The van der Waals surface area contributed by atoms with E-state index in [2.05, 4.69) is 5.32 Å². The summed E-state index contributed by atoms with van der Waals surface area (Å²) in [6.07, 6.45) is 0.221. The van der Waals surface area contributed by atoms with Crippen molar-refractivity contribution in [2.24, 2.45) is 5.92 Å². The van der Waals surface area contributed by atoms with E-state index in [0.717, 1.165) is 4.88 Å². The standard InChI is InChI=1S/C13H18ClNO3S/c1-8(2)7-18-13(17)9(3)15-12(16)6-10-4-5-11(14)19-10/h4-5,8-9H,6-7H2,1-3H3,(H,15,16)/t9-/m0/s1. The molecule has 0 aromatic carbocycles. The first-order valence-corrected chi connectivity index (χ1v) is 7.28. The highest BCUT2D eigenvalue weighted by Gasteiger charge is 2.17. The third-order valence-electron chi connectivity index (χ3n) is 2.25. The van der Waals surface area contributed by atoms with Gasteiger partial charge < -0.3 is 10.1 Å². The number of esters is 1. The van der Waals surface area contributed by atoms with Crippen LogP contribution in [0.25, 0.3) is 0 Å². The molecule has 0 aliphatic heterocycles. The predicted octanol–water partition coefficient (Wildman–Crippen LogP) is 2.65. The fraction of sp³-hybridized carbons (Fsp3) is 0.538. The van der Waals surface area contributed by atoms with Crippen LogP contribution in [0, 0.1) is 5.92 Å². The van der Waals surface area contributed by atoms with Gasteiger partial charge in [-0.15, -0.1) is 11.3 Å². The molecule has 1 N–H and O–H groups in total. The molecule has 19 heavy (non-hydrogen) atoms. The highest BCUT2D eigenvalue weighted by Crippen LogP contribution is 2.21. The number of amides is 1. The fourth-order valence-electron chi connectivity index (χ4n) is 1.33. The van der Waals surface area contributed by atoms with E-state index in [1.165, 1.54) is 11.3 Å². The molecule has 0 saturated carbocycles. The van der Waals surface area contributed by atoms with Crippen molar-refractivity contribution < 1.29 is 14.3 Å². The van der Waals surface area contributed by atoms with Crippen LogP contribution in [0.2, 0.25) is 4.34 Å². The van der Waals surface area contributed by atoms with Crippen molar-refractivity contribution in [2.45, 2.75) is 33.2 Å². The van der Waals surface area contributed by atoms with Gasteiger partial charge in [-0.3, -0.25) is 4.79 Å². The van der Waals surface area contributed by atoms with Crippen LogP contribution >= 0.6 is 22.9 Å². The van der Waals surface area contributed by atoms with Crippen LogP contribution in [0.15, 0.2) is 12.1 Å². The van der Waals surface area contributed by atoms with E-state index in [1.807, 2.05) is 13.8 Å². The third kappa shape index (κ3) is 6.07. The van der Waals surface area contributed by atoms with E-state index in [4.69, 9.17) is 16.3 Å². The molecule has 0 saturated heterocycles. The second kappa shape index (κ2) is 7.50. The van der Waals surface area contributed by atoms with Gasteiger partial charge in [0.15, 0.2) is 0 Å². The number of rotatable bonds is 6. The predicted molar refractivity (Wildman–Crippen MR) is 76.4 cm³/mol. The maximum absolute atomic E-state index is 11.7. The zero-order valence-electron chi connectivity index (χ0n) is 11.2. The number of thiophene rings is 1. The molecule has 1 atom stereocenters. The molecule has 1 aromatic heterocycles. The zero-order valence-corrected chi connectivity index (χ0v) is 12.8. The summed E-state index contributed by atoms with van der Waals surface area (Å²) in [5.74, 6) is -0.348. The van der Waals surface area contributed by atoms with Gasteiger partial charge >= 0.3 is 5.97 Å². The molecule has 0 radical (unpaired) electrons. The summed E-state index contributed by atoms with van der Waals surface area (Å²) in [6.45, 7) is 5.88. The molecule has 0 aliphatic rings. The fourth-order valence-corrected chi connectivity index (χ4v) is 2.42. The van der Waals surface area contributed by atoms with Crippen molar-refractivity contribution in [3.05, 3.63) is 21.3 Å². The van der Waals surface area contributed by atoms with Gasteiger partial charge in [0.2, 0.25) is 5.91 Å². The monoisotopic (exact) mass is 303 g/mol. The maximum atomic E-state index is 11.7. The highest BCUT2D eigenvalue weighted by molar-refractivity contribution is 7.16. The summed E-state index contributed by atoms with van der Waals surface area (Å²) in [7, 11) is 0. The van der Waals surface area contributed by atoms with Crippen molar-refractivity contribution in [3.63, 3.8) is 0 Å². The molecule has 0 spiro atoms. The van der Waals surface area contributed by atoms with E-state index >= 15 is 0 Å². The molecule has 6 heteroatoms.